The number of benzene rings is 2. The number of carbonyl (C=O) groups is 1. The van der Waals surface area contributed by atoms with Crippen molar-refractivity contribution in [2.75, 3.05) is 12.1 Å². The second kappa shape index (κ2) is 9.70. The normalized spacial score (nSPS) is 14.7. The van der Waals surface area contributed by atoms with Crippen LogP contribution in [0.25, 0.3) is 10.9 Å². The van der Waals surface area contributed by atoms with E-state index in [1.165, 1.54) is 14.0 Å². The molecule has 1 amide bonds. The van der Waals surface area contributed by atoms with E-state index in [9.17, 15) is 13.6 Å². The van der Waals surface area contributed by atoms with Gasteiger partial charge in [0.25, 0.3) is 5.91 Å². The van der Waals surface area contributed by atoms with Crippen LogP contribution in [0.3, 0.4) is 0 Å². The van der Waals surface area contributed by atoms with Gasteiger partial charge in [-0.2, -0.15) is 4.28 Å². The maximum atomic E-state index is 13.6. The number of amidine groups is 1. The van der Waals surface area contributed by atoms with Gasteiger partial charge in [0.05, 0.1) is 11.2 Å². The molecule has 0 aliphatic carbocycles. The summed E-state index contributed by atoms with van der Waals surface area (Å²) in [6.45, 7) is 3.34. The summed E-state index contributed by atoms with van der Waals surface area (Å²) < 4.78 is 28.6. The highest BCUT2D eigenvalue weighted by atomic mass is 35.5. The zero-order valence-corrected chi connectivity index (χ0v) is 19.2. The van der Waals surface area contributed by atoms with Gasteiger partial charge in [-0.15, -0.1) is 0 Å². The van der Waals surface area contributed by atoms with E-state index in [4.69, 9.17) is 21.1 Å². The number of anilines is 1. The summed E-state index contributed by atoms with van der Waals surface area (Å²) in [6, 6.07) is 14.0. The molecule has 0 aliphatic rings. The molecule has 2 N–H and O–H groups in total. The van der Waals surface area contributed by atoms with Gasteiger partial charge >= 0.3 is 0 Å². The highest BCUT2D eigenvalue weighted by molar-refractivity contribution is 7.74. The molecule has 0 saturated heterocycles. The van der Waals surface area contributed by atoms with E-state index in [0.29, 0.717) is 33.6 Å². The summed E-state index contributed by atoms with van der Waals surface area (Å²) in [6.07, 6.45) is 2.10. The lowest BCUT2D eigenvalue weighted by Crippen LogP contribution is -2.50. The summed E-state index contributed by atoms with van der Waals surface area (Å²) in [5.74, 6) is -0.365. The van der Waals surface area contributed by atoms with E-state index in [-0.39, 0.29) is 5.84 Å². The van der Waals surface area contributed by atoms with Crippen molar-refractivity contribution in [2.45, 2.75) is 25.8 Å². The SMILES string of the molecule is CCC(C(=O)NC(C)=NO)(c1ccc(Cl)cc1)n1ccc2c(N(C)OS(=O)[O-])cccc21. The monoisotopic (exact) mass is 477 g/mol. The van der Waals surface area contributed by atoms with Crippen molar-refractivity contribution < 1.29 is 23.0 Å². The molecule has 0 bridgehead atoms. The second-order valence-electron chi connectivity index (χ2n) is 7.03. The van der Waals surface area contributed by atoms with Gasteiger partial charge in [-0.1, -0.05) is 41.9 Å². The lowest BCUT2D eigenvalue weighted by atomic mass is 9.85. The fourth-order valence-electron chi connectivity index (χ4n) is 3.82. The predicted molar refractivity (Wildman–Crippen MR) is 122 cm³/mol. The molecule has 0 saturated carbocycles. The van der Waals surface area contributed by atoms with Crippen LogP contribution in [-0.2, 0) is 26.0 Å². The molecular formula is C21H22ClN4O5S-. The van der Waals surface area contributed by atoms with Crippen molar-refractivity contribution in [3.8, 4) is 0 Å². The number of oxime groups is 1. The maximum absolute atomic E-state index is 13.6. The highest BCUT2D eigenvalue weighted by Gasteiger charge is 2.41. The highest BCUT2D eigenvalue weighted by Crippen LogP contribution is 2.37. The van der Waals surface area contributed by atoms with E-state index in [0.717, 1.165) is 5.06 Å². The zero-order chi connectivity index (χ0) is 23.5. The first kappa shape index (κ1) is 23.7. The number of hydroxylamine groups is 1. The molecule has 9 nitrogen and oxygen atoms in total. The Kier molecular flexibility index (Phi) is 7.19. The van der Waals surface area contributed by atoms with Crippen LogP contribution >= 0.6 is 11.6 Å². The summed E-state index contributed by atoms with van der Waals surface area (Å²) >= 11 is 3.34. The molecule has 2 aromatic carbocycles. The quantitative estimate of drug-likeness (QED) is 0.176. The lowest BCUT2D eigenvalue weighted by Gasteiger charge is -2.34. The van der Waals surface area contributed by atoms with Crippen molar-refractivity contribution in [1.29, 1.82) is 0 Å². The molecule has 3 aromatic rings. The van der Waals surface area contributed by atoms with E-state index in [1.807, 2.05) is 13.0 Å². The van der Waals surface area contributed by atoms with E-state index in [2.05, 4.69) is 10.5 Å². The number of nitrogens with one attached hydrogen (secondary N) is 1. The number of nitrogens with zero attached hydrogens (tertiary/aromatic N) is 3. The number of aromatic nitrogens is 1. The number of hydrogen-bond acceptors (Lipinski definition) is 7. The van der Waals surface area contributed by atoms with Crippen LogP contribution in [0.15, 0.2) is 59.9 Å². The van der Waals surface area contributed by atoms with E-state index < -0.39 is 22.8 Å². The topological polar surface area (TPSA) is 119 Å². The number of rotatable bonds is 7. The van der Waals surface area contributed by atoms with Crippen LogP contribution in [-0.4, -0.2) is 37.3 Å². The Morgan fingerprint density at radius 2 is 2.00 bits per heavy atom. The molecule has 2 unspecified atom stereocenters. The first-order valence-corrected chi connectivity index (χ1v) is 11.0. The molecule has 0 aliphatic heterocycles. The fourth-order valence-corrected chi connectivity index (χ4v) is 4.21. The molecule has 11 heteroatoms. The molecule has 170 valence electrons. The summed E-state index contributed by atoms with van der Waals surface area (Å²) in [5.41, 5.74) is 0.610. The average Bonchev–Trinajstić information content (AvgIpc) is 3.20. The Morgan fingerprint density at radius 1 is 1.31 bits per heavy atom. The van der Waals surface area contributed by atoms with Gasteiger partial charge in [0.2, 0.25) is 0 Å². The van der Waals surface area contributed by atoms with Crippen LogP contribution < -0.4 is 10.4 Å². The summed E-state index contributed by atoms with van der Waals surface area (Å²) in [5, 5.41) is 17.1. The minimum atomic E-state index is -2.74. The molecular weight excluding hydrogens is 456 g/mol. The van der Waals surface area contributed by atoms with Crippen molar-refractivity contribution in [3.05, 3.63) is 65.3 Å². The third kappa shape index (κ3) is 4.35. The minimum Gasteiger partial charge on any atom is -0.748 e. The van der Waals surface area contributed by atoms with Crippen molar-refractivity contribution in [3.63, 3.8) is 0 Å². The third-order valence-electron chi connectivity index (χ3n) is 5.29. The Balaban J connectivity index is 2.26. The molecule has 0 spiro atoms. The van der Waals surface area contributed by atoms with Gasteiger partial charge in [-0.3, -0.25) is 4.79 Å². The van der Waals surface area contributed by atoms with Gasteiger partial charge in [-0.25, -0.2) is 9.27 Å². The molecule has 2 atom stereocenters. The molecule has 32 heavy (non-hydrogen) atoms. The van der Waals surface area contributed by atoms with Crippen LogP contribution in [0, 0.1) is 0 Å². The van der Waals surface area contributed by atoms with Crippen molar-refractivity contribution in [2.24, 2.45) is 5.16 Å². The van der Waals surface area contributed by atoms with Crippen LogP contribution in [0.1, 0.15) is 25.8 Å². The van der Waals surface area contributed by atoms with E-state index in [1.54, 1.807) is 53.2 Å². The first-order chi connectivity index (χ1) is 15.2. The van der Waals surface area contributed by atoms with Crippen LogP contribution in [0.2, 0.25) is 5.02 Å². The van der Waals surface area contributed by atoms with E-state index >= 15 is 0 Å². The van der Waals surface area contributed by atoms with Gasteiger partial charge < -0.3 is 19.6 Å². The van der Waals surface area contributed by atoms with Crippen LogP contribution in [0.4, 0.5) is 5.69 Å². The number of halogens is 1. The molecule has 0 fully saturated rings. The molecule has 0 radical (unpaired) electrons. The number of carbonyl (C=O) groups excluding carboxylic acids is 1. The largest absolute Gasteiger partial charge is 0.748 e. The number of amides is 1. The van der Waals surface area contributed by atoms with Gasteiger partial charge in [-0.05, 0) is 49.2 Å². The van der Waals surface area contributed by atoms with Crippen molar-refractivity contribution >= 4 is 51.3 Å². The number of hydrogen-bond donors (Lipinski definition) is 2. The predicted octanol–water partition coefficient (Wildman–Crippen LogP) is 3.53. The van der Waals surface area contributed by atoms with Gasteiger partial charge in [0, 0.05) is 23.7 Å². The van der Waals surface area contributed by atoms with Gasteiger partial charge in [0.15, 0.2) is 0 Å². The smallest absolute Gasteiger partial charge is 0.256 e. The maximum Gasteiger partial charge on any atom is 0.256 e. The third-order valence-corrected chi connectivity index (χ3v) is 5.88. The second-order valence-corrected chi connectivity index (χ2v) is 8.03. The molecule has 3 rings (SSSR count). The summed E-state index contributed by atoms with van der Waals surface area (Å²) in [4.78, 5) is 13.6. The van der Waals surface area contributed by atoms with Crippen LogP contribution in [0.5, 0.6) is 0 Å². The number of fused-ring (bicyclic) bond motifs is 1. The Morgan fingerprint density at radius 3 is 2.59 bits per heavy atom. The van der Waals surface area contributed by atoms with Gasteiger partial charge in [0.1, 0.15) is 22.7 Å². The van der Waals surface area contributed by atoms with Crippen molar-refractivity contribution in [1.82, 2.24) is 9.88 Å². The minimum absolute atomic E-state index is 0.0463. The lowest BCUT2D eigenvalue weighted by molar-refractivity contribution is -0.126. The fraction of sp³-hybridized carbons (Fsp3) is 0.238. The Labute approximate surface area is 192 Å². The standard InChI is InChI=1S/C21H23ClN4O5S/c1-4-21(20(27)23-14(2)24-28,15-8-10-16(22)11-9-15)26-13-12-17-18(6-5-7-19(17)26)25(3)31-32(29)30/h5-13,28H,4H2,1-3H3,(H,29,30)(H,23,24,27)/p-1. The molecule has 1 heterocycles. The average molecular weight is 478 g/mol. The summed E-state index contributed by atoms with van der Waals surface area (Å²) in [7, 11) is 1.47. The Hall–Kier alpha value is -2.92. The zero-order valence-electron chi connectivity index (χ0n) is 17.6. The Bertz CT molecular complexity index is 1180. The molecule has 1 aromatic heterocycles. The first-order valence-electron chi connectivity index (χ1n) is 9.62.